The molecule has 2 amide bonds. The van der Waals surface area contributed by atoms with Crippen molar-refractivity contribution < 1.29 is 19.1 Å². The molecule has 0 aliphatic carbocycles. The van der Waals surface area contributed by atoms with Gasteiger partial charge in [0.05, 0.1) is 6.61 Å². The van der Waals surface area contributed by atoms with Crippen molar-refractivity contribution in [3.05, 3.63) is 65.2 Å². The van der Waals surface area contributed by atoms with Gasteiger partial charge in [0.15, 0.2) is 0 Å². The molecule has 0 bridgehead atoms. The van der Waals surface area contributed by atoms with Gasteiger partial charge in [0.25, 0.3) is 11.8 Å². The monoisotopic (exact) mass is 342 g/mol. The molecule has 0 heterocycles. The highest BCUT2D eigenvalue weighted by molar-refractivity contribution is 5.99. The van der Waals surface area contributed by atoms with E-state index in [1.165, 1.54) is 0 Å². The minimum absolute atomic E-state index is 0.359. The van der Waals surface area contributed by atoms with E-state index in [4.69, 9.17) is 9.47 Å². The van der Waals surface area contributed by atoms with Crippen LogP contribution in [0.1, 0.15) is 33.2 Å². The Morgan fingerprint density at radius 2 is 1.60 bits per heavy atom. The van der Waals surface area contributed by atoms with Gasteiger partial charge in [0.2, 0.25) is 0 Å². The summed E-state index contributed by atoms with van der Waals surface area (Å²) in [4.78, 5) is 24.2. The second kappa shape index (κ2) is 9.44. The summed E-state index contributed by atoms with van der Waals surface area (Å²) in [5, 5.41) is 0. The van der Waals surface area contributed by atoms with E-state index in [1.807, 2.05) is 26.0 Å². The van der Waals surface area contributed by atoms with Crippen LogP contribution < -0.4 is 15.6 Å². The number of aryl methyl sites for hydroxylation is 1. The van der Waals surface area contributed by atoms with Gasteiger partial charge in [0, 0.05) is 17.7 Å². The summed E-state index contributed by atoms with van der Waals surface area (Å²) >= 11 is 0. The summed E-state index contributed by atoms with van der Waals surface area (Å²) in [6.45, 7) is 5.37. The summed E-state index contributed by atoms with van der Waals surface area (Å²) in [5.41, 5.74) is 6.59. The van der Waals surface area contributed by atoms with Crippen LogP contribution in [0.4, 0.5) is 0 Å². The van der Waals surface area contributed by atoms with Crippen molar-refractivity contribution in [1.29, 1.82) is 0 Å². The third-order valence-electron chi connectivity index (χ3n) is 3.50. The first-order chi connectivity index (χ1) is 12.1. The van der Waals surface area contributed by atoms with E-state index < -0.39 is 5.91 Å². The summed E-state index contributed by atoms with van der Waals surface area (Å²) in [7, 11) is 0. The lowest BCUT2D eigenvalue weighted by Crippen LogP contribution is -2.41. The Morgan fingerprint density at radius 3 is 2.28 bits per heavy atom. The summed E-state index contributed by atoms with van der Waals surface area (Å²) in [6, 6.07) is 13.8. The van der Waals surface area contributed by atoms with Gasteiger partial charge in [-0.15, -0.1) is 0 Å². The van der Waals surface area contributed by atoms with Gasteiger partial charge in [0.1, 0.15) is 12.4 Å². The fraction of sp³-hybridized carbons (Fsp3) is 0.263. The Kier molecular flexibility index (Phi) is 6.98. The Labute approximate surface area is 147 Å². The van der Waals surface area contributed by atoms with Gasteiger partial charge in [-0.25, -0.2) is 0 Å². The average Bonchev–Trinajstić information content (AvgIpc) is 2.64. The normalized spacial score (nSPS) is 10.2. The van der Waals surface area contributed by atoms with Crippen LogP contribution >= 0.6 is 0 Å². The van der Waals surface area contributed by atoms with Gasteiger partial charge in [-0.1, -0.05) is 18.2 Å². The van der Waals surface area contributed by atoms with Crippen LogP contribution in [0.5, 0.6) is 5.75 Å². The van der Waals surface area contributed by atoms with Crippen molar-refractivity contribution in [3.8, 4) is 5.75 Å². The summed E-state index contributed by atoms with van der Waals surface area (Å²) < 4.78 is 10.7. The minimum Gasteiger partial charge on any atom is -0.491 e. The molecule has 0 aromatic heterocycles. The molecule has 2 N–H and O–H groups in total. The number of ether oxygens (including phenoxy) is 2. The SMILES string of the molecule is CCOCCOc1ccc(C(=O)NNC(=O)c2ccccc2C)cc1. The number of rotatable bonds is 7. The first-order valence-corrected chi connectivity index (χ1v) is 8.08. The largest absolute Gasteiger partial charge is 0.491 e. The first-order valence-electron chi connectivity index (χ1n) is 8.08. The lowest BCUT2D eigenvalue weighted by Gasteiger charge is -2.10. The van der Waals surface area contributed by atoms with E-state index in [0.29, 0.717) is 36.7 Å². The molecule has 0 radical (unpaired) electrons. The van der Waals surface area contributed by atoms with Crippen LogP contribution in [-0.2, 0) is 4.74 Å². The van der Waals surface area contributed by atoms with Crippen molar-refractivity contribution >= 4 is 11.8 Å². The highest BCUT2D eigenvalue weighted by atomic mass is 16.5. The van der Waals surface area contributed by atoms with Crippen LogP contribution in [-0.4, -0.2) is 31.6 Å². The van der Waals surface area contributed by atoms with E-state index in [0.717, 1.165) is 5.56 Å². The smallest absolute Gasteiger partial charge is 0.269 e. The van der Waals surface area contributed by atoms with Crippen LogP contribution in [0.3, 0.4) is 0 Å². The Bertz CT molecular complexity index is 714. The van der Waals surface area contributed by atoms with Gasteiger partial charge in [-0.3, -0.25) is 20.4 Å². The molecule has 0 fully saturated rings. The quantitative estimate of drug-likeness (QED) is 0.599. The second-order valence-corrected chi connectivity index (χ2v) is 5.29. The predicted octanol–water partition coefficient (Wildman–Crippen LogP) is 2.49. The van der Waals surface area contributed by atoms with Crippen molar-refractivity contribution in [1.82, 2.24) is 10.9 Å². The lowest BCUT2D eigenvalue weighted by atomic mass is 10.1. The van der Waals surface area contributed by atoms with Gasteiger partial charge < -0.3 is 9.47 Å². The minimum atomic E-state index is -0.400. The zero-order valence-electron chi connectivity index (χ0n) is 14.4. The zero-order chi connectivity index (χ0) is 18.1. The lowest BCUT2D eigenvalue weighted by molar-refractivity contribution is 0.0846. The Morgan fingerprint density at radius 1 is 0.920 bits per heavy atom. The fourth-order valence-corrected chi connectivity index (χ4v) is 2.15. The Balaban J connectivity index is 1.84. The molecule has 0 aliphatic rings. The number of hydrogen-bond acceptors (Lipinski definition) is 4. The molecule has 2 aromatic carbocycles. The number of hydrazine groups is 1. The van der Waals surface area contributed by atoms with E-state index in [1.54, 1.807) is 36.4 Å². The second-order valence-electron chi connectivity index (χ2n) is 5.29. The highest BCUT2D eigenvalue weighted by Crippen LogP contribution is 2.12. The Hall–Kier alpha value is -2.86. The molecule has 25 heavy (non-hydrogen) atoms. The van der Waals surface area contributed by atoms with E-state index in [2.05, 4.69) is 10.9 Å². The highest BCUT2D eigenvalue weighted by Gasteiger charge is 2.10. The van der Waals surface area contributed by atoms with Crippen molar-refractivity contribution in [2.45, 2.75) is 13.8 Å². The van der Waals surface area contributed by atoms with Gasteiger partial charge >= 0.3 is 0 Å². The van der Waals surface area contributed by atoms with Crippen molar-refractivity contribution in [3.63, 3.8) is 0 Å². The number of carbonyl (C=O) groups is 2. The molecule has 0 unspecified atom stereocenters. The summed E-state index contributed by atoms with van der Waals surface area (Å²) in [6.07, 6.45) is 0. The molecule has 0 atom stereocenters. The predicted molar refractivity (Wildman–Crippen MR) is 94.5 cm³/mol. The van der Waals surface area contributed by atoms with E-state index in [9.17, 15) is 9.59 Å². The maximum absolute atomic E-state index is 12.1. The molecule has 6 nitrogen and oxygen atoms in total. The number of hydrogen-bond donors (Lipinski definition) is 2. The third-order valence-corrected chi connectivity index (χ3v) is 3.50. The molecule has 0 aliphatic heterocycles. The van der Waals surface area contributed by atoms with Crippen LogP contribution in [0.2, 0.25) is 0 Å². The number of amides is 2. The van der Waals surface area contributed by atoms with Crippen LogP contribution in [0.15, 0.2) is 48.5 Å². The fourth-order valence-electron chi connectivity index (χ4n) is 2.15. The molecule has 0 spiro atoms. The average molecular weight is 342 g/mol. The van der Waals surface area contributed by atoms with Crippen LogP contribution in [0.25, 0.3) is 0 Å². The van der Waals surface area contributed by atoms with Crippen LogP contribution in [0, 0.1) is 6.92 Å². The molecule has 6 heteroatoms. The maximum atomic E-state index is 12.1. The molecule has 0 saturated carbocycles. The molecule has 132 valence electrons. The number of carbonyl (C=O) groups excluding carboxylic acids is 2. The standard InChI is InChI=1S/C19H22N2O4/c1-3-24-12-13-25-16-10-8-15(9-11-16)18(22)20-21-19(23)17-7-5-4-6-14(17)2/h4-11H,3,12-13H2,1-2H3,(H,20,22)(H,21,23). The molecule has 2 aromatic rings. The molecule has 0 saturated heterocycles. The molecule has 2 rings (SSSR count). The maximum Gasteiger partial charge on any atom is 0.269 e. The van der Waals surface area contributed by atoms with E-state index in [-0.39, 0.29) is 5.91 Å². The molecular weight excluding hydrogens is 320 g/mol. The topological polar surface area (TPSA) is 76.7 Å². The number of nitrogens with one attached hydrogen (secondary N) is 2. The van der Waals surface area contributed by atoms with Crippen molar-refractivity contribution in [2.75, 3.05) is 19.8 Å². The zero-order valence-corrected chi connectivity index (χ0v) is 14.4. The van der Waals surface area contributed by atoms with Crippen molar-refractivity contribution in [2.24, 2.45) is 0 Å². The van der Waals surface area contributed by atoms with E-state index >= 15 is 0 Å². The first kappa shape index (κ1) is 18.5. The number of benzene rings is 2. The molecular formula is C19H22N2O4. The summed E-state index contributed by atoms with van der Waals surface area (Å²) in [5.74, 6) is -0.106. The van der Waals surface area contributed by atoms with Gasteiger partial charge in [-0.05, 0) is 49.7 Å². The van der Waals surface area contributed by atoms with Gasteiger partial charge in [-0.2, -0.15) is 0 Å². The third kappa shape index (κ3) is 5.61.